The second kappa shape index (κ2) is 3.85. The maximum Gasteiger partial charge on any atom is 0.0157 e. The molecule has 0 N–H and O–H groups in total. The van der Waals surface area contributed by atoms with Crippen molar-refractivity contribution in [2.45, 2.75) is 40.0 Å². The van der Waals surface area contributed by atoms with Crippen LogP contribution in [-0.4, -0.2) is 5.71 Å². The maximum atomic E-state index is 10.4. The SMILES string of the molecule is CC1CC(=NP[O-])CC(C)(C)C1. The molecule has 0 saturated heterocycles. The first-order valence-electron chi connectivity index (χ1n) is 4.46. The average molecular weight is 186 g/mol. The Bertz CT molecular complexity index is 189. The van der Waals surface area contributed by atoms with Crippen LogP contribution in [0.25, 0.3) is 0 Å². The van der Waals surface area contributed by atoms with Crippen LogP contribution in [0.15, 0.2) is 4.76 Å². The summed E-state index contributed by atoms with van der Waals surface area (Å²) in [6.45, 7) is 6.75. The van der Waals surface area contributed by atoms with E-state index in [1.165, 1.54) is 6.42 Å². The van der Waals surface area contributed by atoms with Gasteiger partial charge in [0.1, 0.15) is 0 Å². The molecule has 0 heterocycles. The van der Waals surface area contributed by atoms with Crippen LogP contribution in [-0.2, 0) is 0 Å². The summed E-state index contributed by atoms with van der Waals surface area (Å²) in [6, 6.07) is 0. The smallest absolute Gasteiger partial charge is 0.0157 e. The Morgan fingerprint density at radius 3 is 2.75 bits per heavy atom. The van der Waals surface area contributed by atoms with Gasteiger partial charge in [-0.15, -0.1) is 0 Å². The highest BCUT2D eigenvalue weighted by Crippen LogP contribution is 2.37. The van der Waals surface area contributed by atoms with Crippen molar-refractivity contribution in [3.05, 3.63) is 0 Å². The molecule has 2 nitrogen and oxygen atoms in total. The minimum atomic E-state index is -0.508. The lowest BCUT2D eigenvalue weighted by Gasteiger charge is -2.34. The third-order valence-electron chi connectivity index (χ3n) is 2.37. The van der Waals surface area contributed by atoms with Crippen molar-refractivity contribution in [2.75, 3.05) is 0 Å². The third kappa shape index (κ3) is 2.84. The second-order valence-corrected chi connectivity index (χ2v) is 5.03. The molecule has 12 heavy (non-hydrogen) atoms. The Labute approximate surface area is 76.4 Å². The van der Waals surface area contributed by atoms with E-state index in [1.54, 1.807) is 0 Å². The van der Waals surface area contributed by atoms with E-state index >= 15 is 0 Å². The van der Waals surface area contributed by atoms with Crippen LogP contribution >= 0.6 is 8.96 Å². The van der Waals surface area contributed by atoms with Crippen molar-refractivity contribution < 1.29 is 4.89 Å². The van der Waals surface area contributed by atoms with Crippen LogP contribution in [0, 0.1) is 11.3 Å². The lowest BCUT2D eigenvalue weighted by atomic mass is 9.72. The monoisotopic (exact) mass is 186 g/mol. The van der Waals surface area contributed by atoms with Gasteiger partial charge in [-0.05, 0) is 30.6 Å². The van der Waals surface area contributed by atoms with Crippen LogP contribution in [0.4, 0.5) is 0 Å². The van der Waals surface area contributed by atoms with Gasteiger partial charge >= 0.3 is 0 Å². The predicted molar refractivity (Wildman–Crippen MR) is 52.5 cm³/mol. The van der Waals surface area contributed by atoms with Crippen LogP contribution in [0.5, 0.6) is 0 Å². The molecule has 0 amide bonds. The van der Waals surface area contributed by atoms with E-state index in [-0.39, 0.29) is 0 Å². The van der Waals surface area contributed by atoms with Gasteiger partial charge in [-0.2, -0.15) is 0 Å². The molecule has 0 aliphatic heterocycles. The third-order valence-corrected chi connectivity index (χ3v) is 2.78. The summed E-state index contributed by atoms with van der Waals surface area (Å²) in [7, 11) is -0.508. The van der Waals surface area contributed by atoms with Gasteiger partial charge in [0.25, 0.3) is 0 Å². The Kier molecular flexibility index (Phi) is 3.25. The van der Waals surface area contributed by atoms with Crippen LogP contribution < -0.4 is 4.89 Å². The zero-order chi connectivity index (χ0) is 9.19. The quantitative estimate of drug-likeness (QED) is 0.578. The molecule has 2 atom stereocenters. The highest BCUT2D eigenvalue weighted by Gasteiger charge is 2.28. The largest absolute Gasteiger partial charge is 0.814 e. The molecule has 70 valence electrons. The summed E-state index contributed by atoms with van der Waals surface area (Å²) < 4.78 is 4.02. The maximum absolute atomic E-state index is 10.4. The summed E-state index contributed by atoms with van der Waals surface area (Å²) in [4.78, 5) is 10.4. The molecule has 1 saturated carbocycles. The molecule has 1 rings (SSSR count). The van der Waals surface area contributed by atoms with E-state index in [0.29, 0.717) is 11.3 Å². The van der Waals surface area contributed by atoms with Crippen LogP contribution in [0.3, 0.4) is 0 Å². The van der Waals surface area contributed by atoms with Crippen molar-refractivity contribution in [3.8, 4) is 0 Å². The molecule has 2 unspecified atom stereocenters. The van der Waals surface area contributed by atoms with Crippen molar-refractivity contribution in [1.82, 2.24) is 0 Å². The average Bonchev–Trinajstić information content (AvgIpc) is 1.82. The van der Waals surface area contributed by atoms with Gasteiger partial charge in [-0.3, -0.25) is 4.76 Å². The number of hydrogen-bond acceptors (Lipinski definition) is 2. The zero-order valence-electron chi connectivity index (χ0n) is 8.05. The lowest BCUT2D eigenvalue weighted by molar-refractivity contribution is -0.150. The van der Waals surface area contributed by atoms with Gasteiger partial charge in [0.2, 0.25) is 0 Å². The Hall–Kier alpha value is 0.0600. The molecule has 1 aliphatic rings. The normalized spacial score (nSPS) is 33.3. The molecule has 0 radical (unpaired) electrons. The summed E-state index contributed by atoms with van der Waals surface area (Å²) in [6.07, 6.45) is 3.32. The molecule has 3 heteroatoms. The van der Waals surface area contributed by atoms with Crippen molar-refractivity contribution >= 4 is 14.7 Å². The van der Waals surface area contributed by atoms with Crippen LogP contribution in [0.1, 0.15) is 40.0 Å². The van der Waals surface area contributed by atoms with Crippen LogP contribution in [0.2, 0.25) is 0 Å². The van der Waals surface area contributed by atoms with Crippen molar-refractivity contribution in [1.29, 1.82) is 0 Å². The Morgan fingerprint density at radius 1 is 1.58 bits per heavy atom. The molecular weight excluding hydrogens is 169 g/mol. The van der Waals surface area contributed by atoms with E-state index in [2.05, 4.69) is 25.5 Å². The van der Waals surface area contributed by atoms with E-state index in [9.17, 15) is 4.89 Å². The Balaban J connectivity index is 2.64. The highest BCUT2D eigenvalue weighted by molar-refractivity contribution is 7.28. The number of rotatable bonds is 1. The summed E-state index contributed by atoms with van der Waals surface area (Å²) >= 11 is 0. The predicted octanol–water partition coefficient (Wildman–Crippen LogP) is 2.14. The summed E-state index contributed by atoms with van der Waals surface area (Å²) in [5.74, 6) is 0.698. The lowest BCUT2D eigenvalue weighted by Crippen LogP contribution is -2.27. The first-order chi connectivity index (χ1) is 5.53. The first-order valence-corrected chi connectivity index (χ1v) is 5.31. The van der Waals surface area contributed by atoms with Gasteiger partial charge in [0.15, 0.2) is 0 Å². The molecular formula is C9H17NOP-. The van der Waals surface area contributed by atoms with E-state index in [1.807, 2.05) is 0 Å². The van der Waals surface area contributed by atoms with E-state index in [4.69, 9.17) is 0 Å². The summed E-state index contributed by atoms with van der Waals surface area (Å²) in [5, 5.41) is 0. The standard InChI is InChI=1S/C9H17NOP/c1-7-4-8(10-12-11)6-9(2,3)5-7/h7,12H,4-6H2,1-3H3/q-1. The minimum Gasteiger partial charge on any atom is -0.814 e. The minimum absolute atomic E-state index is 0.357. The number of hydrogen-bond donors (Lipinski definition) is 0. The topological polar surface area (TPSA) is 35.4 Å². The van der Waals surface area contributed by atoms with Gasteiger partial charge < -0.3 is 4.89 Å². The first kappa shape index (κ1) is 10.1. The van der Waals surface area contributed by atoms with E-state index < -0.39 is 8.96 Å². The second-order valence-electron chi connectivity index (χ2n) is 4.62. The molecule has 0 spiro atoms. The molecule has 0 aromatic heterocycles. The number of nitrogens with zero attached hydrogens (tertiary/aromatic N) is 1. The van der Waals surface area contributed by atoms with E-state index in [0.717, 1.165) is 18.6 Å². The molecule has 0 aromatic rings. The fraction of sp³-hybridized carbons (Fsp3) is 0.889. The Morgan fingerprint density at radius 2 is 2.25 bits per heavy atom. The molecule has 0 aromatic carbocycles. The fourth-order valence-corrected chi connectivity index (χ4v) is 2.56. The fourth-order valence-electron chi connectivity index (χ4n) is 2.26. The van der Waals surface area contributed by atoms with Crippen molar-refractivity contribution in [3.63, 3.8) is 0 Å². The highest BCUT2D eigenvalue weighted by atomic mass is 31.1. The van der Waals surface area contributed by atoms with Gasteiger partial charge in [0.05, 0.1) is 0 Å². The molecule has 1 fully saturated rings. The summed E-state index contributed by atoms with van der Waals surface area (Å²) in [5.41, 5.74) is 1.50. The molecule has 0 bridgehead atoms. The van der Waals surface area contributed by atoms with Crippen molar-refractivity contribution in [2.24, 2.45) is 16.1 Å². The molecule has 1 aliphatic carbocycles. The van der Waals surface area contributed by atoms with Gasteiger partial charge in [-0.25, -0.2) is 0 Å². The van der Waals surface area contributed by atoms with Gasteiger partial charge in [-0.1, -0.05) is 29.7 Å². The zero-order valence-corrected chi connectivity index (χ0v) is 9.05. The van der Waals surface area contributed by atoms with Gasteiger partial charge in [0, 0.05) is 5.71 Å².